The van der Waals surface area contributed by atoms with Crippen molar-refractivity contribution >= 4 is 17.5 Å². The van der Waals surface area contributed by atoms with Crippen LogP contribution in [0.25, 0.3) is 0 Å². The summed E-state index contributed by atoms with van der Waals surface area (Å²) in [6.45, 7) is 1.28. The Hall–Kier alpha value is -3.75. The third-order valence-corrected chi connectivity index (χ3v) is 4.52. The third kappa shape index (κ3) is 3.29. The maximum atomic E-state index is 12.7. The maximum absolute atomic E-state index is 12.7. The highest BCUT2D eigenvalue weighted by molar-refractivity contribution is 5.91. The molecule has 1 aliphatic rings. The first-order chi connectivity index (χ1) is 13.7. The minimum Gasteiger partial charge on any atom is -0.497 e. The summed E-state index contributed by atoms with van der Waals surface area (Å²) in [6.07, 6.45) is 3.28. The van der Waals surface area contributed by atoms with E-state index in [1.54, 1.807) is 31.6 Å². The van der Waals surface area contributed by atoms with Crippen LogP contribution in [0.5, 0.6) is 5.75 Å². The van der Waals surface area contributed by atoms with Crippen molar-refractivity contribution in [2.75, 3.05) is 18.6 Å². The van der Waals surface area contributed by atoms with Crippen molar-refractivity contribution in [3.63, 3.8) is 0 Å². The number of pyridine rings is 1. The first-order valence-electron chi connectivity index (χ1n) is 8.73. The number of fused-ring (bicyclic) bond motifs is 1. The summed E-state index contributed by atoms with van der Waals surface area (Å²) in [5.41, 5.74) is 1.08. The van der Waals surface area contributed by atoms with Crippen molar-refractivity contribution in [3.05, 3.63) is 70.4 Å². The van der Waals surface area contributed by atoms with Gasteiger partial charge in [0.2, 0.25) is 11.6 Å². The number of rotatable bonds is 5. The van der Waals surface area contributed by atoms with Crippen LogP contribution in [0.2, 0.25) is 0 Å². The number of hydrogen-bond acceptors (Lipinski definition) is 7. The molecule has 0 fully saturated rings. The van der Waals surface area contributed by atoms with Crippen LogP contribution in [-0.2, 0) is 13.1 Å². The fourth-order valence-electron chi connectivity index (χ4n) is 3.03. The number of anilines is 2. The smallest absolute Gasteiger partial charge is 0.286 e. The zero-order valence-electron chi connectivity index (χ0n) is 15.2. The van der Waals surface area contributed by atoms with Gasteiger partial charge in [-0.3, -0.25) is 19.1 Å². The standard InChI is InChI=1S/C19H18N6O3/c1-28-15-4-2-14(3-5-15)24-10-11-25-18(27)16(22-23-19(24)25)17(26)21-12-13-6-8-20-9-7-13/h2-9H,10-12H2,1H3,(H,21,26). The zero-order chi connectivity index (χ0) is 19.5. The second-order valence-electron chi connectivity index (χ2n) is 6.19. The molecule has 0 bridgehead atoms. The van der Waals surface area contributed by atoms with Gasteiger partial charge in [-0.2, -0.15) is 0 Å². The van der Waals surface area contributed by atoms with Crippen LogP contribution < -0.4 is 20.5 Å². The van der Waals surface area contributed by atoms with Gasteiger partial charge in [0.25, 0.3) is 11.5 Å². The number of nitrogens with zero attached hydrogens (tertiary/aromatic N) is 5. The molecule has 142 valence electrons. The Balaban J connectivity index is 1.55. The first-order valence-corrected chi connectivity index (χ1v) is 8.73. The Kier molecular flexibility index (Phi) is 4.71. The van der Waals surface area contributed by atoms with Gasteiger partial charge in [-0.25, -0.2) is 0 Å². The molecule has 0 radical (unpaired) electrons. The molecule has 1 aromatic carbocycles. The number of carbonyl (C=O) groups excluding carboxylic acids is 1. The first kappa shape index (κ1) is 17.7. The lowest BCUT2D eigenvalue weighted by Crippen LogP contribution is -2.34. The van der Waals surface area contributed by atoms with Crippen LogP contribution in [0.1, 0.15) is 16.1 Å². The highest BCUT2D eigenvalue weighted by Crippen LogP contribution is 2.28. The molecule has 3 aromatic rings. The van der Waals surface area contributed by atoms with Gasteiger partial charge < -0.3 is 15.0 Å². The normalized spacial score (nSPS) is 12.5. The van der Waals surface area contributed by atoms with E-state index in [1.165, 1.54) is 4.57 Å². The predicted octanol–water partition coefficient (Wildman–Crippen LogP) is 1.12. The quantitative estimate of drug-likeness (QED) is 0.710. The number of carbonyl (C=O) groups is 1. The molecule has 2 aromatic heterocycles. The van der Waals surface area contributed by atoms with Gasteiger partial charge >= 0.3 is 0 Å². The zero-order valence-corrected chi connectivity index (χ0v) is 15.2. The van der Waals surface area contributed by atoms with Crippen LogP contribution in [0, 0.1) is 0 Å². The molecule has 0 atom stereocenters. The molecule has 0 spiro atoms. The molecule has 0 saturated carbocycles. The van der Waals surface area contributed by atoms with E-state index in [-0.39, 0.29) is 12.2 Å². The Morgan fingerprint density at radius 3 is 2.57 bits per heavy atom. The van der Waals surface area contributed by atoms with Crippen LogP contribution in [0.15, 0.2) is 53.6 Å². The number of benzene rings is 1. The van der Waals surface area contributed by atoms with Crippen LogP contribution >= 0.6 is 0 Å². The molecule has 4 rings (SSSR count). The number of methoxy groups -OCH3 is 1. The molecule has 1 amide bonds. The van der Waals surface area contributed by atoms with E-state index in [1.807, 2.05) is 29.2 Å². The number of aromatic nitrogens is 4. The fraction of sp³-hybridized carbons (Fsp3) is 0.211. The second-order valence-corrected chi connectivity index (χ2v) is 6.19. The van der Waals surface area contributed by atoms with E-state index < -0.39 is 11.5 Å². The molecule has 1 aliphatic heterocycles. The van der Waals surface area contributed by atoms with Crippen molar-refractivity contribution in [2.45, 2.75) is 13.1 Å². The Bertz CT molecular complexity index is 1050. The topological polar surface area (TPSA) is 102 Å². The molecule has 1 N–H and O–H groups in total. The number of nitrogens with one attached hydrogen (secondary N) is 1. The van der Waals surface area contributed by atoms with Gasteiger partial charge in [0.15, 0.2) is 0 Å². The van der Waals surface area contributed by atoms with Crippen molar-refractivity contribution in [2.24, 2.45) is 0 Å². The van der Waals surface area contributed by atoms with Crippen molar-refractivity contribution in [1.29, 1.82) is 0 Å². The maximum Gasteiger partial charge on any atom is 0.286 e. The second kappa shape index (κ2) is 7.47. The minimum atomic E-state index is -0.549. The molecule has 28 heavy (non-hydrogen) atoms. The average Bonchev–Trinajstić information content (AvgIpc) is 3.18. The van der Waals surface area contributed by atoms with Gasteiger partial charge in [-0.15, -0.1) is 10.2 Å². The monoisotopic (exact) mass is 378 g/mol. The molecule has 0 aliphatic carbocycles. The number of amides is 1. The summed E-state index contributed by atoms with van der Waals surface area (Å²) in [5, 5.41) is 10.7. The summed E-state index contributed by atoms with van der Waals surface area (Å²) in [7, 11) is 1.60. The molecular weight excluding hydrogens is 360 g/mol. The Morgan fingerprint density at radius 1 is 1.11 bits per heavy atom. The van der Waals surface area contributed by atoms with Crippen molar-refractivity contribution < 1.29 is 9.53 Å². The van der Waals surface area contributed by atoms with Gasteiger partial charge in [0, 0.05) is 37.7 Å². The highest BCUT2D eigenvalue weighted by atomic mass is 16.5. The van der Waals surface area contributed by atoms with E-state index >= 15 is 0 Å². The third-order valence-electron chi connectivity index (χ3n) is 4.52. The molecule has 9 nitrogen and oxygen atoms in total. The van der Waals surface area contributed by atoms with Gasteiger partial charge in [0.05, 0.1) is 7.11 Å². The van der Waals surface area contributed by atoms with Crippen molar-refractivity contribution in [1.82, 2.24) is 25.1 Å². The van der Waals surface area contributed by atoms with E-state index in [0.29, 0.717) is 19.0 Å². The lowest BCUT2D eigenvalue weighted by molar-refractivity contribution is 0.0942. The van der Waals surface area contributed by atoms with Crippen LogP contribution in [0.4, 0.5) is 11.6 Å². The van der Waals surface area contributed by atoms with E-state index in [0.717, 1.165) is 17.0 Å². The molecular formula is C19H18N6O3. The molecule has 0 saturated heterocycles. The Morgan fingerprint density at radius 2 is 1.86 bits per heavy atom. The van der Waals surface area contributed by atoms with Gasteiger partial charge in [-0.1, -0.05) is 0 Å². The Labute approximate surface area is 160 Å². The van der Waals surface area contributed by atoms with Crippen LogP contribution in [-0.4, -0.2) is 39.3 Å². The lowest BCUT2D eigenvalue weighted by Gasteiger charge is -2.17. The highest BCUT2D eigenvalue weighted by Gasteiger charge is 2.27. The van der Waals surface area contributed by atoms with E-state index in [9.17, 15) is 9.59 Å². The van der Waals surface area contributed by atoms with E-state index in [4.69, 9.17) is 4.74 Å². The van der Waals surface area contributed by atoms with Gasteiger partial charge in [-0.05, 0) is 42.0 Å². The fourth-order valence-corrected chi connectivity index (χ4v) is 3.03. The van der Waals surface area contributed by atoms with Gasteiger partial charge in [0.1, 0.15) is 5.75 Å². The summed E-state index contributed by atoms with van der Waals surface area (Å²) in [4.78, 5) is 30.9. The summed E-state index contributed by atoms with van der Waals surface area (Å²) >= 11 is 0. The van der Waals surface area contributed by atoms with E-state index in [2.05, 4.69) is 20.5 Å². The number of hydrogen-bond donors (Lipinski definition) is 1. The average molecular weight is 378 g/mol. The minimum absolute atomic E-state index is 0.214. The molecule has 0 unspecified atom stereocenters. The van der Waals surface area contributed by atoms with Crippen molar-refractivity contribution in [3.8, 4) is 5.75 Å². The SMILES string of the molecule is COc1ccc(N2CCn3c2nnc(C(=O)NCc2ccncc2)c3=O)cc1. The largest absolute Gasteiger partial charge is 0.497 e. The predicted molar refractivity (Wildman–Crippen MR) is 102 cm³/mol. The molecule has 9 heteroatoms. The summed E-state index contributed by atoms with van der Waals surface area (Å²) in [5.74, 6) is 0.612. The number of ether oxygens (including phenoxy) is 1. The summed E-state index contributed by atoms with van der Waals surface area (Å²) in [6, 6.07) is 11.0. The summed E-state index contributed by atoms with van der Waals surface area (Å²) < 4.78 is 6.64. The van der Waals surface area contributed by atoms with Crippen LogP contribution in [0.3, 0.4) is 0 Å². The molecule has 3 heterocycles. The lowest BCUT2D eigenvalue weighted by atomic mass is 10.2.